The van der Waals surface area contributed by atoms with E-state index in [2.05, 4.69) is 54.2 Å². The van der Waals surface area contributed by atoms with Gasteiger partial charge in [0, 0.05) is 21.9 Å². The average molecular weight is 638 g/mol. The highest BCUT2D eigenvalue weighted by molar-refractivity contribution is 14.1. The van der Waals surface area contributed by atoms with Crippen molar-refractivity contribution in [1.29, 1.82) is 0 Å². The maximum atomic E-state index is 12.5. The largest absolute Gasteiger partial charge is 0.480 e. The lowest BCUT2D eigenvalue weighted by Crippen LogP contribution is -2.35. The van der Waals surface area contributed by atoms with Gasteiger partial charge >= 0.3 is 5.97 Å². The third kappa shape index (κ3) is 7.65. The van der Waals surface area contributed by atoms with Gasteiger partial charge in [-0.1, -0.05) is 59.3 Å². The van der Waals surface area contributed by atoms with E-state index < -0.39 is 12.0 Å². The molecule has 1 saturated heterocycles. The summed E-state index contributed by atoms with van der Waals surface area (Å²) in [6, 6.07) is 11.6. The second-order valence-corrected chi connectivity index (χ2v) is 15.0. The summed E-state index contributed by atoms with van der Waals surface area (Å²) in [6.07, 6.45) is 7.76. The van der Waals surface area contributed by atoms with Gasteiger partial charge in [-0.05, 0) is 87.6 Å². The van der Waals surface area contributed by atoms with Crippen molar-refractivity contribution < 1.29 is 14.6 Å². The van der Waals surface area contributed by atoms with Gasteiger partial charge in [-0.15, -0.1) is 9.24 Å². The number of anilines is 1. The Labute approximate surface area is 237 Å². The van der Waals surface area contributed by atoms with Gasteiger partial charge in [0.1, 0.15) is 11.9 Å². The molecule has 0 saturated carbocycles. The number of likely N-dealkylation sites (tertiary alicyclic amines) is 1. The summed E-state index contributed by atoms with van der Waals surface area (Å²) in [7, 11) is 3.10. The maximum Gasteiger partial charge on any atom is 0.325 e. The monoisotopic (exact) mass is 637 g/mol. The number of aryl methyl sites for hydroxylation is 2. The predicted octanol–water partition coefficient (Wildman–Crippen LogP) is 6.23. The van der Waals surface area contributed by atoms with E-state index in [0.717, 1.165) is 75.1 Å². The molecule has 1 aromatic heterocycles. The quantitative estimate of drug-likeness (QED) is 0.124. The second-order valence-electron chi connectivity index (χ2n) is 10.8. The zero-order chi connectivity index (χ0) is 26.4. The highest BCUT2D eigenvalue weighted by atomic mass is 127. The minimum absolute atomic E-state index is 0.0562. The molecule has 37 heavy (non-hydrogen) atoms. The Morgan fingerprint density at radius 1 is 1.30 bits per heavy atom. The molecule has 4 atom stereocenters. The Morgan fingerprint density at radius 3 is 2.89 bits per heavy atom. The molecule has 202 valence electrons. The van der Waals surface area contributed by atoms with Crippen LogP contribution in [0.2, 0.25) is 0 Å². The Balaban J connectivity index is 1.32. The van der Waals surface area contributed by atoms with Crippen LogP contribution in [0.5, 0.6) is 0 Å². The molecule has 0 amide bonds. The molecule has 2 aromatic rings. The number of nitrogens with zero attached hydrogens (tertiary/aromatic N) is 2. The van der Waals surface area contributed by atoms with Crippen LogP contribution < -0.4 is 5.32 Å². The van der Waals surface area contributed by atoms with Gasteiger partial charge in [-0.3, -0.25) is 9.69 Å². The zero-order valence-electron chi connectivity index (χ0n) is 22.1. The molecule has 4 rings (SSSR count). The summed E-state index contributed by atoms with van der Waals surface area (Å²) < 4.78 is 5.88. The molecule has 8 heteroatoms. The van der Waals surface area contributed by atoms with Crippen LogP contribution in [0, 0.1) is 5.92 Å². The summed E-state index contributed by atoms with van der Waals surface area (Å²) in [4.78, 5) is 19.5. The van der Waals surface area contributed by atoms with Crippen molar-refractivity contribution >= 4 is 43.6 Å². The molecule has 0 aliphatic carbocycles. The predicted molar refractivity (Wildman–Crippen MR) is 161 cm³/mol. The third-order valence-electron chi connectivity index (χ3n) is 7.61. The number of benzene rings is 1. The van der Waals surface area contributed by atoms with Crippen molar-refractivity contribution in [3.05, 3.63) is 58.8 Å². The Morgan fingerprint density at radius 2 is 2.11 bits per heavy atom. The number of rotatable bonds is 12. The van der Waals surface area contributed by atoms with Gasteiger partial charge in [0.2, 0.25) is 0 Å². The van der Waals surface area contributed by atoms with Gasteiger partial charge in [0.15, 0.2) is 0 Å². The van der Waals surface area contributed by atoms with Crippen LogP contribution >= 0.6 is 31.8 Å². The van der Waals surface area contributed by atoms with Gasteiger partial charge in [0.25, 0.3) is 0 Å². The first kappa shape index (κ1) is 28.7. The van der Waals surface area contributed by atoms with Crippen LogP contribution in [0.15, 0.2) is 36.4 Å². The minimum atomic E-state index is -0.785. The minimum Gasteiger partial charge on any atom is -0.480 e. The van der Waals surface area contributed by atoms with Crippen molar-refractivity contribution in [2.45, 2.75) is 80.7 Å². The first-order chi connectivity index (χ1) is 17.7. The summed E-state index contributed by atoms with van der Waals surface area (Å²) in [5.41, 5.74) is 4.33. The van der Waals surface area contributed by atoms with Gasteiger partial charge in [-0.25, -0.2) is 4.98 Å². The number of halogens is 1. The average Bonchev–Trinajstić information content (AvgIpc) is 3.36. The van der Waals surface area contributed by atoms with Crippen LogP contribution in [0.4, 0.5) is 5.82 Å². The number of alkyl halides is 1. The molecule has 1 aromatic carbocycles. The number of nitrogens with one attached hydrogen (secondary N) is 1. The fraction of sp³-hybridized carbons (Fsp3) is 0.586. The molecule has 2 aliphatic heterocycles. The van der Waals surface area contributed by atoms with Gasteiger partial charge < -0.3 is 15.2 Å². The summed E-state index contributed by atoms with van der Waals surface area (Å²) in [5.74, 6) is 0.729. The third-order valence-corrected chi connectivity index (χ3v) is 9.79. The molecule has 6 nitrogen and oxygen atoms in total. The standard InChI is InChI=1S/C29H41IN3O3P/c1-20(2)36-19-22-8-3-4-11-25(22)26(28(34)35)33-17-14-23(18-33)29(30,37)15-6-5-10-24-13-12-21-9-7-16-31-27(21)32-24/h3-4,8,11-13,20,23,26H,5-7,9-10,14-19,37H2,1-2H3,(H,31,32)(H,34,35)/t23-,26?,29?/m1/s1. The Kier molecular flexibility index (Phi) is 10.2. The zero-order valence-corrected chi connectivity index (χ0v) is 25.4. The van der Waals surface area contributed by atoms with Crippen LogP contribution in [0.25, 0.3) is 0 Å². The topological polar surface area (TPSA) is 74.7 Å². The Hall–Kier alpha value is -1.28. The fourth-order valence-corrected chi connectivity index (χ4v) is 6.87. The smallest absolute Gasteiger partial charge is 0.325 e. The molecule has 1 fully saturated rings. The number of unbranched alkanes of at least 4 members (excludes halogenated alkanes) is 1. The van der Waals surface area contributed by atoms with E-state index in [1.807, 2.05) is 38.1 Å². The lowest BCUT2D eigenvalue weighted by atomic mass is 9.97. The number of ether oxygens (including phenoxy) is 1. The van der Waals surface area contributed by atoms with Crippen molar-refractivity contribution in [1.82, 2.24) is 9.88 Å². The van der Waals surface area contributed by atoms with Crippen LogP contribution in [-0.4, -0.2) is 49.9 Å². The molecule has 2 N–H and O–H groups in total. The van der Waals surface area contributed by atoms with Crippen LogP contribution in [0.1, 0.15) is 74.4 Å². The molecule has 0 radical (unpaired) electrons. The summed E-state index contributed by atoms with van der Waals surface area (Å²) in [5, 5.41) is 13.7. The lowest BCUT2D eigenvalue weighted by Gasteiger charge is -2.31. The fourth-order valence-electron chi connectivity index (χ4n) is 5.50. The number of hydrogen-bond donors (Lipinski definition) is 2. The molecule has 0 bridgehead atoms. The van der Waals surface area contributed by atoms with Gasteiger partial charge in [-0.2, -0.15) is 0 Å². The molecule has 2 aliphatic rings. The first-order valence-corrected chi connectivity index (χ1v) is 15.3. The van der Waals surface area contributed by atoms with Gasteiger partial charge in [0.05, 0.1) is 12.7 Å². The SMILES string of the molecule is CC(C)OCc1ccccc1C(C(=O)O)N1CC[C@@H](C(P)(I)CCCCc2ccc3c(n2)NCCC3)C1. The number of pyridine rings is 1. The number of carbonyl (C=O) groups is 1. The second kappa shape index (κ2) is 13.2. The maximum absolute atomic E-state index is 12.5. The number of carboxylic acid groups (broad SMARTS) is 1. The number of aliphatic carboxylic acids is 1. The molecule has 3 heterocycles. The summed E-state index contributed by atoms with van der Waals surface area (Å²) >= 11 is 2.60. The van der Waals surface area contributed by atoms with E-state index >= 15 is 0 Å². The molecule has 0 spiro atoms. The number of hydrogen-bond acceptors (Lipinski definition) is 5. The molecule has 3 unspecified atom stereocenters. The van der Waals surface area contributed by atoms with E-state index in [1.165, 1.54) is 17.7 Å². The lowest BCUT2D eigenvalue weighted by molar-refractivity contribution is -0.143. The number of aromatic nitrogens is 1. The van der Waals surface area contributed by atoms with Crippen LogP contribution in [0.3, 0.4) is 0 Å². The number of carboxylic acids is 1. The molecular weight excluding hydrogens is 596 g/mol. The highest BCUT2D eigenvalue weighted by Gasteiger charge is 2.41. The normalized spacial score (nSPS) is 20.3. The van der Waals surface area contributed by atoms with E-state index in [1.54, 1.807) is 0 Å². The molecular formula is C29H41IN3O3P. The van der Waals surface area contributed by atoms with Crippen molar-refractivity contribution in [2.75, 3.05) is 25.0 Å². The highest BCUT2D eigenvalue weighted by Crippen LogP contribution is 2.46. The van der Waals surface area contributed by atoms with Crippen molar-refractivity contribution in [2.24, 2.45) is 5.92 Å². The number of fused-ring (bicyclic) bond motifs is 1. The van der Waals surface area contributed by atoms with Crippen molar-refractivity contribution in [3.8, 4) is 0 Å². The van der Waals surface area contributed by atoms with E-state index in [4.69, 9.17) is 9.72 Å². The van der Waals surface area contributed by atoms with Crippen LogP contribution in [-0.2, 0) is 29.0 Å². The van der Waals surface area contributed by atoms with E-state index in [9.17, 15) is 9.90 Å². The van der Waals surface area contributed by atoms with Crippen molar-refractivity contribution in [3.63, 3.8) is 0 Å². The Bertz CT molecular complexity index is 1060. The first-order valence-electron chi connectivity index (χ1n) is 13.6. The summed E-state index contributed by atoms with van der Waals surface area (Å²) in [6.45, 7) is 7.05. The van der Waals surface area contributed by atoms with E-state index in [-0.39, 0.29) is 9.27 Å². The van der Waals surface area contributed by atoms with E-state index in [0.29, 0.717) is 12.5 Å².